The fourth-order valence-electron chi connectivity index (χ4n) is 5.84. The molecule has 2 unspecified atom stereocenters. The normalized spacial score (nSPS) is 14.2. The van der Waals surface area contributed by atoms with Gasteiger partial charge in [-0.05, 0) is 56.0 Å². The van der Waals surface area contributed by atoms with Crippen LogP contribution in [0.1, 0.15) is 140 Å². The van der Waals surface area contributed by atoms with Gasteiger partial charge in [0.15, 0.2) is 0 Å². The molecule has 0 saturated heterocycles. The van der Waals surface area contributed by atoms with E-state index in [4.69, 9.17) is 9.98 Å². The maximum absolute atomic E-state index is 11.6. The Morgan fingerprint density at radius 2 is 0.776 bits per heavy atom. The first-order valence-corrected chi connectivity index (χ1v) is 17.1. The Hall–Kier alpha value is -3.67. The SMILES string of the molecule is CC(C)(C)c1cc(C=NC(c2ccccc2)C(N=Cc2cc(C(C)(C)C)cc(C(C)(C)C)c2O)c2ccccc2)c(O)c(C(C)(C)C)c1.[Co]. The molecule has 0 amide bonds. The summed E-state index contributed by atoms with van der Waals surface area (Å²) in [5.74, 6) is 0.508. The summed E-state index contributed by atoms with van der Waals surface area (Å²) < 4.78 is 0. The molecule has 0 fully saturated rings. The first kappa shape index (κ1) is 39.8. The number of nitrogens with zero attached hydrogens (tertiary/aromatic N) is 2. The molecule has 4 aromatic carbocycles. The van der Waals surface area contributed by atoms with E-state index in [2.05, 4.69) is 132 Å². The third kappa shape index (κ3) is 9.73. The molecule has 0 aliphatic heterocycles. The largest absolute Gasteiger partial charge is 0.507 e. The number of hydrogen-bond donors (Lipinski definition) is 2. The van der Waals surface area contributed by atoms with Gasteiger partial charge in [0.1, 0.15) is 23.6 Å². The molecule has 0 bridgehead atoms. The number of rotatable bonds is 7. The minimum atomic E-state index is -0.407. The first-order chi connectivity index (χ1) is 22.2. The van der Waals surface area contributed by atoms with Gasteiger partial charge in [0.2, 0.25) is 0 Å². The minimum Gasteiger partial charge on any atom is -0.507 e. The summed E-state index contributed by atoms with van der Waals surface area (Å²) in [6.07, 6.45) is 3.64. The van der Waals surface area contributed by atoms with Crippen LogP contribution in [-0.2, 0) is 38.4 Å². The Bertz CT molecular complexity index is 1630. The van der Waals surface area contributed by atoms with Crippen molar-refractivity contribution in [2.24, 2.45) is 9.98 Å². The Morgan fingerprint density at radius 3 is 1.04 bits per heavy atom. The van der Waals surface area contributed by atoms with E-state index in [0.29, 0.717) is 11.1 Å². The van der Waals surface area contributed by atoms with Crippen LogP contribution in [0.25, 0.3) is 0 Å². The quantitative estimate of drug-likeness (QED) is 0.188. The fourth-order valence-corrected chi connectivity index (χ4v) is 5.84. The van der Waals surface area contributed by atoms with Crippen molar-refractivity contribution in [3.05, 3.63) is 129 Å². The number of aromatic hydroxyl groups is 2. The molecule has 4 aromatic rings. The Morgan fingerprint density at radius 1 is 0.469 bits per heavy atom. The molecule has 4 nitrogen and oxygen atoms in total. The molecule has 0 saturated carbocycles. The van der Waals surface area contributed by atoms with Crippen molar-refractivity contribution in [2.45, 2.75) is 117 Å². The van der Waals surface area contributed by atoms with E-state index in [1.165, 1.54) is 0 Å². The second-order valence-corrected chi connectivity index (χ2v) is 17.2. The molecule has 1 radical (unpaired) electrons. The number of hydrogen-bond acceptors (Lipinski definition) is 4. The van der Waals surface area contributed by atoms with E-state index in [1.54, 1.807) is 0 Å². The summed E-state index contributed by atoms with van der Waals surface area (Å²) in [5, 5.41) is 23.1. The van der Waals surface area contributed by atoms with Crippen molar-refractivity contribution in [2.75, 3.05) is 0 Å². The third-order valence-electron chi connectivity index (χ3n) is 8.96. The van der Waals surface area contributed by atoms with Crippen LogP contribution < -0.4 is 0 Å². The molecule has 49 heavy (non-hydrogen) atoms. The fraction of sp³-hybridized carbons (Fsp3) is 0.409. The smallest absolute Gasteiger partial charge is 0.128 e. The zero-order valence-electron chi connectivity index (χ0n) is 31.5. The van der Waals surface area contributed by atoms with Crippen molar-refractivity contribution in [1.82, 2.24) is 0 Å². The second kappa shape index (κ2) is 15.1. The van der Waals surface area contributed by atoms with E-state index in [9.17, 15) is 10.2 Å². The van der Waals surface area contributed by atoms with Crippen LogP contribution in [-0.4, -0.2) is 22.6 Å². The minimum absolute atomic E-state index is 0. The average Bonchev–Trinajstić information content (AvgIpc) is 2.98. The van der Waals surface area contributed by atoms with Crippen molar-refractivity contribution in [3.63, 3.8) is 0 Å². The number of phenolic OH excluding ortho intramolecular Hbond substituents is 2. The monoisotopic (exact) mass is 703 g/mol. The van der Waals surface area contributed by atoms with Gasteiger partial charge in [-0.3, -0.25) is 9.98 Å². The van der Waals surface area contributed by atoms with Crippen LogP contribution in [0.5, 0.6) is 11.5 Å². The van der Waals surface area contributed by atoms with E-state index in [0.717, 1.165) is 33.4 Å². The summed E-state index contributed by atoms with van der Waals surface area (Å²) >= 11 is 0. The molecule has 0 aliphatic carbocycles. The molecule has 0 spiro atoms. The molecule has 2 N–H and O–H groups in total. The van der Waals surface area contributed by atoms with Crippen LogP contribution in [0.15, 0.2) is 94.9 Å². The van der Waals surface area contributed by atoms with Crippen LogP contribution >= 0.6 is 0 Å². The number of benzene rings is 4. The number of phenols is 2. The summed E-state index contributed by atoms with van der Waals surface area (Å²) in [6.45, 7) is 25.9. The summed E-state index contributed by atoms with van der Waals surface area (Å²) in [5.41, 5.74) is 6.75. The van der Waals surface area contributed by atoms with E-state index >= 15 is 0 Å². The molecule has 0 aliphatic rings. The van der Waals surface area contributed by atoms with Gasteiger partial charge in [-0.25, -0.2) is 0 Å². The predicted octanol–water partition coefficient (Wildman–Crippen LogP) is 11.3. The van der Waals surface area contributed by atoms with E-state index in [-0.39, 0.29) is 49.9 Å². The van der Waals surface area contributed by atoms with Crippen LogP contribution in [0.2, 0.25) is 0 Å². The zero-order valence-corrected chi connectivity index (χ0v) is 32.6. The Balaban J connectivity index is 0.00000650. The van der Waals surface area contributed by atoms with Gasteiger partial charge in [0.25, 0.3) is 0 Å². The predicted molar refractivity (Wildman–Crippen MR) is 205 cm³/mol. The molecule has 0 heterocycles. The van der Waals surface area contributed by atoms with Gasteiger partial charge in [-0.1, -0.05) is 156 Å². The van der Waals surface area contributed by atoms with E-state index < -0.39 is 12.1 Å². The van der Waals surface area contributed by atoms with E-state index in [1.807, 2.05) is 48.8 Å². The first-order valence-electron chi connectivity index (χ1n) is 17.1. The van der Waals surface area contributed by atoms with Gasteiger partial charge in [0.05, 0.1) is 0 Å². The van der Waals surface area contributed by atoms with Crippen molar-refractivity contribution in [1.29, 1.82) is 0 Å². The van der Waals surface area contributed by atoms with Gasteiger partial charge < -0.3 is 10.2 Å². The van der Waals surface area contributed by atoms with Crippen LogP contribution in [0.3, 0.4) is 0 Å². The third-order valence-corrected chi connectivity index (χ3v) is 8.96. The summed E-state index contributed by atoms with van der Waals surface area (Å²) in [4.78, 5) is 10.5. The maximum atomic E-state index is 11.6. The van der Waals surface area contributed by atoms with Gasteiger partial charge in [0, 0.05) is 51.5 Å². The summed E-state index contributed by atoms with van der Waals surface area (Å²) in [6, 6.07) is 28.0. The van der Waals surface area contributed by atoms with Gasteiger partial charge in [-0.2, -0.15) is 0 Å². The average molecular weight is 704 g/mol. The molecular formula is C44H56CoN2O2. The molecular weight excluding hydrogens is 647 g/mol. The van der Waals surface area contributed by atoms with Crippen LogP contribution in [0.4, 0.5) is 0 Å². The second-order valence-electron chi connectivity index (χ2n) is 17.2. The topological polar surface area (TPSA) is 65.2 Å². The molecule has 0 aromatic heterocycles. The Labute approximate surface area is 306 Å². The molecule has 5 heteroatoms. The van der Waals surface area contributed by atoms with Crippen molar-refractivity contribution < 1.29 is 27.0 Å². The molecule has 4 rings (SSSR count). The summed E-state index contributed by atoms with van der Waals surface area (Å²) in [7, 11) is 0. The van der Waals surface area contributed by atoms with Gasteiger partial charge >= 0.3 is 0 Å². The zero-order chi connectivity index (χ0) is 35.7. The van der Waals surface area contributed by atoms with Crippen molar-refractivity contribution >= 4 is 12.4 Å². The van der Waals surface area contributed by atoms with Crippen LogP contribution in [0, 0.1) is 0 Å². The molecule has 2 atom stereocenters. The molecule has 263 valence electrons. The van der Waals surface area contributed by atoms with Crippen molar-refractivity contribution in [3.8, 4) is 11.5 Å². The standard InChI is InChI=1S/C44H56N2O2.Co/c1-41(2,3)33-23-31(39(47)35(25-33)43(7,8)9)27-45-37(29-19-15-13-16-20-29)38(30-21-17-14-18-22-30)46-28-32-24-34(42(4,5)6)26-36(40(32)48)44(10,11)12;/h13-28,37-38,47-48H,1-12H3;. The Kier molecular flexibility index (Phi) is 12.2. The van der Waals surface area contributed by atoms with Gasteiger partial charge in [-0.15, -0.1) is 0 Å². The number of aliphatic imine (C=N–C) groups is 2. The maximum Gasteiger partial charge on any atom is 0.128 e.